The van der Waals surface area contributed by atoms with E-state index in [1.54, 1.807) is 18.7 Å². The highest BCUT2D eigenvalue weighted by atomic mass is 32.2. The molecule has 0 saturated heterocycles. The van der Waals surface area contributed by atoms with E-state index >= 15 is 0 Å². The van der Waals surface area contributed by atoms with Crippen LogP contribution in [0, 0.1) is 0 Å². The molecule has 2 aromatic heterocycles. The molecule has 1 unspecified atom stereocenters. The Morgan fingerprint density at radius 1 is 1.09 bits per heavy atom. The molecule has 1 atom stereocenters. The van der Waals surface area contributed by atoms with Crippen LogP contribution in [0.2, 0.25) is 0 Å². The van der Waals surface area contributed by atoms with E-state index in [0.717, 1.165) is 5.56 Å². The van der Waals surface area contributed by atoms with Gasteiger partial charge in [0.25, 0.3) is 5.56 Å². The third-order valence-electron chi connectivity index (χ3n) is 4.12. The first kappa shape index (κ1) is 15.6. The second-order valence-electron chi connectivity index (χ2n) is 5.43. The number of hydrogen-bond acceptors (Lipinski definition) is 4. The largest absolute Gasteiger partial charge is 0.333 e. The van der Waals surface area contributed by atoms with Crippen molar-refractivity contribution in [2.24, 2.45) is 14.1 Å². The van der Waals surface area contributed by atoms with Gasteiger partial charge < -0.3 is 4.57 Å². The number of aromatic nitrogens is 4. The van der Waals surface area contributed by atoms with Gasteiger partial charge in [-0.3, -0.25) is 13.9 Å². The molecule has 1 aromatic carbocycles. The number of hydrogen-bond donors (Lipinski definition) is 0. The summed E-state index contributed by atoms with van der Waals surface area (Å²) in [7, 11) is 3.44. The van der Waals surface area contributed by atoms with Crippen LogP contribution in [0.4, 0.5) is 0 Å². The number of fused-ring (bicyclic) bond motifs is 1. The van der Waals surface area contributed by atoms with Gasteiger partial charge in [0, 0.05) is 14.1 Å². The van der Waals surface area contributed by atoms with Crippen LogP contribution >= 0.6 is 11.8 Å². The number of aryl methyl sites for hydroxylation is 2. The van der Waals surface area contributed by atoms with Crippen molar-refractivity contribution in [1.29, 1.82) is 0 Å². The van der Waals surface area contributed by atoms with Crippen molar-refractivity contribution in [2.45, 2.75) is 18.1 Å². The first-order valence-corrected chi connectivity index (χ1v) is 8.46. The molecule has 0 radical (unpaired) electrons. The van der Waals surface area contributed by atoms with Crippen molar-refractivity contribution in [3.63, 3.8) is 0 Å². The monoisotopic (exact) mass is 330 g/mol. The molecule has 3 rings (SSSR count). The lowest BCUT2D eigenvalue weighted by molar-refractivity contribution is 0.558. The maximum atomic E-state index is 12.9. The Morgan fingerprint density at radius 2 is 1.74 bits per heavy atom. The third-order valence-corrected chi connectivity index (χ3v) is 4.85. The first-order chi connectivity index (χ1) is 11.0. The quantitative estimate of drug-likeness (QED) is 0.687. The van der Waals surface area contributed by atoms with Gasteiger partial charge in [-0.05, 0) is 18.7 Å². The van der Waals surface area contributed by atoms with E-state index in [1.165, 1.54) is 20.9 Å². The van der Waals surface area contributed by atoms with Crippen LogP contribution in [0.15, 0.2) is 45.1 Å². The van der Waals surface area contributed by atoms with Gasteiger partial charge in [0.1, 0.15) is 0 Å². The molecule has 0 aliphatic carbocycles. The lowest BCUT2D eigenvalue weighted by Gasteiger charge is -2.16. The van der Waals surface area contributed by atoms with Gasteiger partial charge in [-0.1, -0.05) is 42.1 Å². The van der Waals surface area contributed by atoms with Crippen LogP contribution in [0.5, 0.6) is 0 Å². The third kappa shape index (κ3) is 2.31. The Morgan fingerprint density at radius 3 is 2.35 bits per heavy atom. The van der Waals surface area contributed by atoms with Gasteiger partial charge in [-0.2, -0.15) is 0 Å². The summed E-state index contributed by atoms with van der Waals surface area (Å²) in [6.07, 6.45) is 1.89. The van der Waals surface area contributed by atoms with E-state index in [0.29, 0.717) is 16.3 Å². The van der Waals surface area contributed by atoms with E-state index in [2.05, 4.69) is 4.98 Å². The summed E-state index contributed by atoms with van der Waals surface area (Å²) in [6.45, 7) is 1.86. The topological polar surface area (TPSA) is 61.8 Å². The van der Waals surface area contributed by atoms with Crippen LogP contribution < -0.4 is 11.2 Å². The fraction of sp³-hybridized carbons (Fsp3) is 0.312. The summed E-state index contributed by atoms with van der Waals surface area (Å²) in [5.41, 5.74) is 1.11. The highest BCUT2D eigenvalue weighted by Crippen LogP contribution is 2.19. The Labute approximate surface area is 137 Å². The van der Waals surface area contributed by atoms with Gasteiger partial charge in [0.2, 0.25) is 0 Å². The Bertz CT molecular complexity index is 985. The number of thioether (sulfide) groups is 1. The van der Waals surface area contributed by atoms with Crippen LogP contribution in [-0.2, 0) is 14.1 Å². The number of benzene rings is 1. The van der Waals surface area contributed by atoms with Crippen molar-refractivity contribution in [3.8, 4) is 0 Å². The van der Waals surface area contributed by atoms with Crippen LogP contribution in [0.1, 0.15) is 18.5 Å². The molecule has 3 aromatic rings. The Hall–Kier alpha value is -2.28. The molecule has 0 saturated carbocycles. The summed E-state index contributed by atoms with van der Waals surface area (Å²) in [6, 6.07) is 9.19. The lowest BCUT2D eigenvalue weighted by Crippen LogP contribution is -2.41. The van der Waals surface area contributed by atoms with Crippen LogP contribution in [-0.4, -0.2) is 24.9 Å². The van der Waals surface area contributed by atoms with Gasteiger partial charge in [-0.15, -0.1) is 0 Å². The van der Waals surface area contributed by atoms with Crippen molar-refractivity contribution >= 4 is 22.9 Å². The molecule has 0 bridgehead atoms. The summed E-state index contributed by atoms with van der Waals surface area (Å²) >= 11 is 1.44. The molecule has 120 valence electrons. The Kier molecular flexibility index (Phi) is 3.89. The molecule has 0 fully saturated rings. The molecule has 2 heterocycles. The zero-order chi connectivity index (χ0) is 16.7. The smallest absolute Gasteiger partial charge is 0.316 e. The van der Waals surface area contributed by atoms with Crippen LogP contribution in [0.25, 0.3) is 11.2 Å². The zero-order valence-electron chi connectivity index (χ0n) is 13.5. The summed E-state index contributed by atoms with van der Waals surface area (Å²) in [5.74, 6) is 0. The average molecular weight is 330 g/mol. The second kappa shape index (κ2) is 5.73. The maximum Gasteiger partial charge on any atom is 0.333 e. The SMILES string of the molecule is CSc1nc2c(c(=O)n(C(C)c3ccccc3)c(=O)n2C)n1C. The lowest BCUT2D eigenvalue weighted by atomic mass is 10.1. The van der Waals surface area contributed by atoms with Gasteiger partial charge in [-0.25, -0.2) is 9.78 Å². The maximum absolute atomic E-state index is 12.9. The van der Waals surface area contributed by atoms with Crippen molar-refractivity contribution in [1.82, 2.24) is 18.7 Å². The molecular formula is C16H18N4O2S. The summed E-state index contributed by atoms with van der Waals surface area (Å²) in [5, 5.41) is 0.706. The fourth-order valence-electron chi connectivity index (χ4n) is 2.80. The van der Waals surface area contributed by atoms with E-state index in [9.17, 15) is 9.59 Å². The standard InChI is InChI=1S/C16H18N4O2S/c1-10(11-8-6-5-7-9-11)20-14(21)12-13(19(3)16(20)22)17-15(23-4)18(12)2/h5-10H,1-4H3. The minimum absolute atomic E-state index is 0.310. The van der Waals surface area contributed by atoms with Gasteiger partial charge in [0.15, 0.2) is 16.3 Å². The molecular weight excluding hydrogens is 312 g/mol. The molecule has 0 aliphatic heterocycles. The predicted molar refractivity (Wildman–Crippen MR) is 92.3 cm³/mol. The number of rotatable bonds is 3. The highest BCUT2D eigenvalue weighted by molar-refractivity contribution is 7.98. The molecule has 0 spiro atoms. The first-order valence-electron chi connectivity index (χ1n) is 7.24. The zero-order valence-corrected chi connectivity index (χ0v) is 14.3. The minimum atomic E-state index is -0.357. The van der Waals surface area contributed by atoms with E-state index in [-0.39, 0.29) is 17.3 Å². The van der Waals surface area contributed by atoms with Gasteiger partial charge in [0.05, 0.1) is 6.04 Å². The molecule has 0 N–H and O–H groups in total. The molecule has 23 heavy (non-hydrogen) atoms. The van der Waals surface area contributed by atoms with E-state index in [1.807, 2.05) is 43.5 Å². The van der Waals surface area contributed by atoms with Crippen LogP contribution in [0.3, 0.4) is 0 Å². The molecule has 6 nitrogen and oxygen atoms in total. The number of imidazole rings is 1. The number of nitrogens with zero attached hydrogens (tertiary/aromatic N) is 4. The highest BCUT2D eigenvalue weighted by Gasteiger charge is 2.21. The van der Waals surface area contributed by atoms with Gasteiger partial charge >= 0.3 is 5.69 Å². The summed E-state index contributed by atoms with van der Waals surface area (Å²) < 4.78 is 4.48. The predicted octanol–water partition coefficient (Wildman–Crippen LogP) is 1.76. The summed E-state index contributed by atoms with van der Waals surface area (Å²) in [4.78, 5) is 30.0. The molecule has 0 aliphatic rings. The average Bonchev–Trinajstić information content (AvgIpc) is 2.90. The Balaban J connectivity index is 2.37. The van der Waals surface area contributed by atoms with E-state index < -0.39 is 0 Å². The minimum Gasteiger partial charge on any atom is -0.316 e. The normalized spacial score (nSPS) is 12.7. The van der Waals surface area contributed by atoms with Crippen molar-refractivity contribution < 1.29 is 0 Å². The molecule has 7 heteroatoms. The van der Waals surface area contributed by atoms with Crippen molar-refractivity contribution in [2.75, 3.05) is 6.26 Å². The fourth-order valence-corrected chi connectivity index (χ4v) is 3.34. The second-order valence-corrected chi connectivity index (χ2v) is 6.21. The van der Waals surface area contributed by atoms with E-state index in [4.69, 9.17) is 0 Å². The molecule has 0 amide bonds. The van der Waals surface area contributed by atoms with Crippen molar-refractivity contribution in [3.05, 3.63) is 56.7 Å².